The van der Waals surface area contributed by atoms with E-state index in [4.69, 9.17) is 17.3 Å². The molecule has 0 saturated heterocycles. The van der Waals surface area contributed by atoms with Crippen molar-refractivity contribution >= 4 is 17.4 Å². The van der Waals surface area contributed by atoms with Gasteiger partial charge in [0.25, 0.3) is 0 Å². The van der Waals surface area contributed by atoms with Crippen LogP contribution in [-0.2, 0) is 11.2 Å². The zero-order chi connectivity index (χ0) is 13.8. The molecule has 4 heteroatoms. The first-order valence-electron chi connectivity index (χ1n) is 6.80. The van der Waals surface area contributed by atoms with Crippen LogP contribution in [0.25, 0.3) is 0 Å². The molecule has 0 bridgehead atoms. The second-order valence-electron chi connectivity index (χ2n) is 5.29. The first kappa shape index (κ1) is 14.5. The molecule has 0 amide bonds. The van der Waals surface area contributed by atoms with Gasteiger partial charge in [0, 0.05) is 23.4 Å². The molecule has 1 aromatic rings. The van der Waals surface area contributed by atoms with E-state index < -0.39 is 0 Å². The van der Waals surface area contributed by atoms with Crippen LogP contribution < -0.4 is 5.73 Å². The molecule has 1 fully saturated rings. The predicted octanol–water partition coefficient (Wildman–Crippen LogP) is 3.50. The fraction of sp³-hybridized carbons (Fsp3) is 0.533. The van der Waals surface area contributed by atoms with Crippen LogP contribution in [0.5, 0.6) is 0 Å². The molecule has 0 aromatic heterocycles. The fourth-order valence-electron chi connectivity index (χ4n) is 2.72. The Morgan fingerprint density at radius 1 is 1.32 bits per heavy atom. The number of halogens is 2. The summed E-state index contributed by atoms with van der Waals surface area (Å²) in [6.45, 7) is 0. The molecule has 2 nitrogen and oxygen atoms in total. The SMILES string of the molecule is NC1CCCCCC1C(=O)Cc1ccc(F)cc1Cl. The minimum absolute atomic E-state index is 0.0470. The minimum Gasteiger partial charge on any atom is -0.327 e. The van der Waals surface area contributed by atoms with Crippen LogP contribution in [0.15, 0.2) is 18.2 Å². The van der Waals surface area contributed by atoms with E-state index in [2.05, 4.69) is 0 Å². The average Bonchev–Trinajstić information content (AvgIpc) is 2.57. The molecule has 104 valence electrons. The summed E-state index contributed by atoms with van der Waals surface area (Å²) < 4.78 is 13.0. The van der Waals surface area contributed by atoms with Gasteiger partial charge in [-0.1, -0.05) is 36.9 Å². The summed E-state index contributed by atoms with van der Waals surface area (Å²) in [5.41, 5.74) is 6.77. The number of benzene rings is 1. The van der Waals surface area contributed by atoms with Crippen molar-refractivity contribution in [2.45, 2.75) is 44.6 Å². The van der Waals surface area contributed by atoms with E-state index in [0.717, 1.165) is 32.1 Å². The van der Waals surface area contributed by atoms with Crippen molar-refractivity contribution < 1.29 is 9.18 Å². The molecule has 2 rings (SSSR count). The van der Waals surface area contributed by atoms with Crippen molar-refractivity contribution in [2.24, 2.45) is 11.7 Å². The van der Waals surface area contributed by atoms with Crippen molar-refractivity contribution in [2.75, 3.05) is 0 Å². The molecular formula is C15H19ClFNO. The van der Waals surface area contributed by atoms with Crippen LogP contribution in [0.3, 0.4) is 0 Å². The molecule has 0 heterocycles. The van der Waals surface area contributed by atoms with E-state index in [1.165, 1.54) is 12.1 Å². The Kier molecular flexibility index (Phi) is 4.94. The first-order chi connectivity index (χ1) is 9.08. The molecule has 1 saturated carbocycles. The van der Waals surface area contributed by atoms with E-state index in [0.29, 0.717) is 10.6 Å². The highest BCUT2D eigenvalue weighted by molar-refractivity contribution is 6.31. The number of nitrogens with two attached hydrogens (primary N) is 1. The Morgan fingerprint density at radius 2 is 2.05 bits per heavy atom. The maximum Gasteiger partial charge on any atom is 0.141 e. The van der Waals surface area contributed by atoms with E-state index in [9.17, 15) is 9.18 Å². The number of hydrogen-bond donors (Lipinski definition) is 1. The Hall–Kier alpha value is -0.930. The minimum atomic E-state index is -0.382. The van der Waals surface area contributed by atoms with Crippen LogP contribution in [0, 0.1) is 11.7 Å². The highest BCUT2D eigenvalue weighted by Gasteiger charge is 2.27. The van der Waals surface area contributed by atoms with Gasteiger partial charge in [-0.25, -0.2) is 4.39 Å². The van der Waals surface area contributed by atoms with Crippen molar-refractivity contribution in [3.63, 3.8) is 0 Å². The lowest BCUT2D eigenvalue weighted by Gasteiger charge is -2.20. The summed E-state index contributed by atoms with van der Waals surface area (Å²) >= 11 is 5.96. The molecule has 1 aliphatic rings. The topological polar surface area (TPSA) is 43.1 Å². The Balaban J connectivity index is 2.07. The molecule has 0 radical (unpaired) electrons. The summed E-state index contributed by atoms with van der Waals surface area (Å²) in [4.78, 5) is 12.3. The number of rotatable bonds is 3. The van der Waals surface area contributed by atoms with Crippen molar-refractivity contribution in [3.8, 4) is 0 Å². The summed E-state index contributed by atoms with van der Waals surface area (Å²) in [6.07, 6.45) is 5.32. The maximum atomic E-state index is 13.0. The second-order valence-corrected chi connectivity index (χ2v) is 5.69. The maximum absolute atomic E-state index is 13.0. The zero-order valence-corrected chi connectivity index (χ0v) is 11.6. The molecule has 1 aliphatic carbocycles. The Labute approximate surface area is 118 Å². The van der Waals surface area contributed by atoms with Crippen LogP contribution >= 0.6 is 11.6 Å². The lowest BCUT2D eigenvalue weighted by Crippen LogP contribution is -2.35. The molecule has 2 N–H and O–H groups in total. The lowest BCUT2D eigenvalue weighted by molar-refractivity contribution is -0.123. The third-order valence-corrected chi connectivity index (χ3v) is 4.21. The highest BCUT2D eigenvalue weighted by Crippen LogP contribution is 2.26. The summed E-state index contributed by atoms with van der Waals surface area (Å²) in [5, 5.41) is 0.315. The summed E-state index contributed by atoms with van der Waals surface area (Å²) in [7, 11) is 0. The van der Waals surface area contributed by atoms with E-state index >= 15 is 0 Å². The van der Waals surface area contributed by atoms with Crippen LogP contribution in [-0.4, -0.2) is 11.8 Å². The molecule has 1 aromatic carbocycles. The first-order valence-corrected chi connectivity index (χ1v) is 7.18. The van der Waals surface area contributed by atoms with Gasteiger partial charge >= 0.3 is 0 Å². The number of ketones is 1. The number of carbonyl (C=O) groups is 1. The largest absolute Gasteiger partial charge is 0.327 e. The third-order valence-electron chi connectivity index (χ3n) is 3.86. The van der Waals surface area contributed by atoms with E-state index in [1.54, 1.807) is 6.07 Å². The van der Waals surface area contributed by atoms with Gasteiger partial charge in [-0.2, -0.15) is 0 Å². The van der Waals surface area contributed by atoms with Gasteiger partial charge in [0.05, 0.1) is 0 Å². The molecular weight excluding hydrogens is 265 g/mol. The van der Waals surface area contributed by atoms with Crippen molar-refractivity contribution in [3.05, 3.63) is 34.6 Å². The van der Waals surface area contributed by atoms with Crippen molar-refractivity contribution in [1.29, 1.82) is 0 Å². The van der Waals surface area contributed by atoms with E-state index in [-0.39, 0.29) is 30.0 Å². The molecule has 2 unspecified atom stereocenters. The molecule has 19 heavy (non-hydrogen) atoms. The number of hydrogen-bond acceptors (Lipinski definition) is 2. The van der Waals surface area contributed by atoms with Gasteiger partial charge in [0.1, 0.15) is 11.6 Å². The number of carbonyl (C=O) groups excluding carboxylic acids is 1. The number of Topliss-reactive ketones (excluding diaryl/α,β-unsaturated/α-hetero) is 1. The van der Waals surface area contributed by atoms with Gasteiger partial charge < -0.3 is 5.73 Å². The van der Waals surface area contributed by atoms with Gasteiger partial charge in [-0.05, 0) is 30.5 Å². The highest BCUT2D eigenvalue weighted by atomic mass is 35.5. The van der Waals surface area contributed by atoms with Crippen LogP contribution in [0.1, 0.15) is 37.7 Å². The molecule has 0 spiro atoms. The lowest BCUT2D eigenvalue weighted by atomic mass is 9.88. The van der Waals surface area contributed by atoms with Crippen molar-refractivity contribution in [1.82, 2.24) is 0 Å². The normalized spacial score (nSPS) is 23.9. The quantitative estimate of drug-likeness (QED) is 0.863. The van der Waals surface area contributed by atoms with E-state index in [1.807, 2.05) is 0 Å². The predicted molar refractivity (Wildman–Crippen MR) is 74.7 cm³/mol. The monoisotopic (exact) mass is 283 g/mol. The van der Waals surface area contributed by atoms with Crippen LogP contribution in [0.2, 0.25) is 5.02 Å². The van der Waals surface area contributed by atoms with Gasteiger partial charge in [0.2, 0.25) is 0 Å². The fourth-order valence-corrected chi connectivity index (χ4v) is 2.95. The van der Waals surface area contributed by atoms with Gasteiger partial charge in [-0.3, -0.25) is 4.79 Å². The standard InChI is InChI=1S/C15H19ClFNO/c16-13-9-11(17)7-6-10(13)8-15(19)12-4-2-1-3-5-14(12)18/h6-7,9,12,14H,1-5,8,18H2. The average molecular weight is 284 g/mol. The second kappa shape index (κ2) is 6.49. The Bertz CT molecular complexity index is 463. The third kappa shape index (κ3) is 3.77. The summed E-state index contributed by atoms with van der Waals surface area (Å²) in [6, 6.07) is 4.12. The smallest absolute Gasteiger partial charge is 0.141 e. The Morgan fingerprint density at radius 3 is 2.79 bits per heavy atom. The zero-order valence-electron chi connectivity index (χ0n) is 10.9. The summed E-state index contributed by atoms with van der Waals surface area (Å²) in [5.74, 6) is -0.334. The van der Waals surface area contributed by atoms with Crippen LogP contribution in [0.4, 0.5) is 4.39 Å². The van der Waals surface area contributed by atoms with Gasteiger partial charge in [0.15, 0.2) is 0 Å². The molecule has 2 atom stereocenters. The molecule has 0 aliphatic heterocycles. The van der Waals surface area contributed by atoms with Gasteiger partial charge in [-0.15, -0.1) is 0 Å².